The third kappa shape index (κ3) is 6.82. The van der Waals surface area contributed by atoms with Gasteiger partial charge in [-0.25, -0.2) is 9.97 Å². The van der Waals surface area contributed by atoms with Crippen LogP contribution in [0.1, 0.15) is 59.4 Å². The zero-order valence-electron chi connectivity index (χ0n) is 28.0. The first kappa shape index (κ1) is 32.5. The van der Waals surface area contributed by atoms with Crippen molar-refractivity contribution in [2.45, 2.75) is 58.9 Å². The number of anilines is 4. The van der Waals surface area contributed by atoms with E-state index in [4.69, 9.17) is 14.8 Å². The molecule has 2 aromatic heterocycles. The molecule has 0 atom stereocenters. The van der Waals surface area contributed by atoms with E-state index < -0.39 is 0 Å². The van der Waals surface area contributed by atoms with Crippen molar-refractivity contribution in [1.82, 2.24) is 24.6 Å². The molecule has 4 aromatic rings. The lowest BCUT2D eigenvalue weighted by atomic mass is 10.0. The minimum Gasteiger partial charge on any atom is -0.494 e. The Morgan fingerprint density at radius 2 is 1.81 bits per heavy atom. The smallest absolute Gasteiger partial charge is 0.276 e. The number of aliphatic hydroxyl groups is 1. The number of carbonyl (C=O) groups is 1. The quantitative estimate of drug-likeness (QED) is 0.206. The van der Waals surface area contributed by atoms with Gasteiger partial charge < -0.3 is 30.3 Å². The van der Waals surface area contributed by atoms with Gasteiger partial charge in [0.1, 0.15) is 5.75 Å². The van der Waals surface area contributed by atoms with Gasteiger partial charge in [-0.2, -0.15) is 5.10 Å². The molecule has 1 amide bonds. The van der Waals surface area contributed by atoms with Crippen molar-refractivity contribution < 1.29 is 14.6 Å². The summed E-state index contributed by atoms with van der Waals surface area (Å²) in [6, 6.07) is 12.3. The molecule has 248 valence electrons. The molecule has 1 fully saturated rings. The Hall–Kier alpha value is -4.48. The number of piperazine rings is 1. The molecular formula is C36H46N8O3. The third-order valence-electron chi connectivity index (χ3n) is 9.29. The first-order chi connectivity index (χ1) is 22.9. The monoisotopic (exact) mass is 638 g/mol. The van der Waals surface area contributed by atoms with Gasteiger partial charge in [0.15, 0.2) is 5.69 Å². The molecule has 1 saturated heterocycles. The van der Waals surface area contributed by atoms with Crippen LogP contribution in [-0.2, 0) is 32.2 Å². The summed E-state index contributed by atoms with van der Waals surface area (Å²) < 4.78 is 7.64. The number of aryl methyl sites for hydroxylation is 4. The summed E-state index contributed by atoms with van der Waals surface area (Å²) in [5.41, 5.74) is 8.85. The molecule has 11 heteroatoms. The summed E-state index contributed by atoms with van der Waals surface area (Å²) in [5.74, 6) is 0.930. The molecule has 0 bridgehead atoms. The molecule has 11 nitrogen and oxygen atoms in total. The Kier molecular flexibility index (Phi) is 10.0. The van der Waals surface area contributed by atoms with Gasteiger partial charge >= 0.3 is 0 Å². The molecule has 1 aliphatic carbocycles. The molecule has 1 aliphatic heterocycles. The molecule has 3 N–H and O–H groups in total. The van der Waals surface area contributed by atoms with E-state index in [1.165, 1.54) is 0 Å². The van der Waals surface area contributed by atoms with Gasteiger partial charge in [-0.1, -0.05) is 32.0 Å². The van der Waals surface area contributed by atoms with E-state index in [0.717, 1.165) is 103 Å². The number of aromatic nitrogens is 4. The first-order valence-electron chi connectivity index (χ1n) is 16.8. The maximum Gasteiger partial charge on any atom is 0.276 e. The highest BCUT2D eigenvalue weighted by Crippen LogP contribution is 2.36. The van der Waals surface area contributed by atoms with E-state index in [2.05, 4.69) is 70.6 Å². The van der Waals surface area contributed by atoms with Crippen LogP contribution >= 0.6 is 0 Å². The third-order valence-corrected chi connectivity index (χ3v) is 9.29. The first-order valence-corrected chi connectivity index (χ1v) is 16.8. The highest BCUT2D eigenvalue weighted by Gasteiger charge is 2.29. The number of fused-ring (bicyclic) bond motifs is 3. The molecule has 47 heavy (non-hydrogen) atoms. The van der Waals surface area contributed by atoms with E-state index in [1.54, 1.807) is 7.11 Å². The Bertz CT molecular complexity index is 1710. The second kappa shape index (κ2) is 14.5. The van der Waals surface area contributed by atoms with E-state index >= 15 is 0 Å². The number of amides is 1. The predicted octanol–water partition coefficient (Wildman–Crippen LogP) is 5.09. The lowest BCUT2D eigenvalue weighted by molar-refractivity contribution is 0.102. The number of rotatable bonds is 11. The van der Waals surface area contributed by atoms with Crippen molar-refractivity contribution in [3.63, 3.8) is 0 Å². The molecular weight excluding hydrogens is 592 g/mol. The Morgan fingerprint density at radius 3 is 2.51 bits per heavy atom. The minimum absolute atomic E-state index is 0.0211. The van der Waals surface area contributed by atoms with Gasteiger partial charge in [-0.15, -0.1) is 0 Å². The number of benzene rings is 2. The summed E-state index contributed by atoms with van der Waals surface area (Å²) in [7, 11) is 3.82. The number of aliphatic hydroxyl groups excluding tert-OH is 1. The number of methoxy groups -OCH3 is 1. The van der Waals surface area contributed by atoms with Crippen LogP contribution in [0.2, 0.25) is 0 Å². The molecule has 0 radical (unpaired) electrons. The summed E-state index contributed by atoms with van der Waals surface area (Å²) in [4.78, 5) is 28.4. The lowest BCUT2D eigenvalue weighted by Gasteiger charge is -2.34. The maximum absolute atomic E-state index is 14.0. The van der Waals surface area contributed by atoms with Crippen LogP contribution in [0.3, 0.4) is 0 Å². The van der Waals surface area contributed by atoms with Crippen LogP contribution in [0.25, 0.3) is 11.4 Å². The summed E-state index contributed by atoms with van der Waals surface area (Å²) in [6.07, 6.45) is 6.33. The maximum atomic E-state index is 14.0. The molecule has 6 rings (SSSR count). The Balaban J connectivity index is 1.34. The standard InChI is InChI=1S/C36H46N8O3/c1-5-24-10-7-11-25(6-2)31(24)39-35(46)33-28-13-8-12-26-23-37-36(40-32(26)34(28)44(41-33)16-9-21-45)38-29-15-14-27(22-30(29)47-4)43-19-17-42(3)18-20-43/h7,10-11,14-15,22-23,45H,5-6,8-9,12-13,16-21H2,1-4H3,(H,39,46)(H,37,38,40). The lowest BCUT2D eigenvalue weighted by Crippen LogP contribution is -2.44. The largest absolute Gasteiger partial charge is 0.494 e. The molecule has 2 aliphatic rings. The Labute approximate surface area is 277 Å². The number of hydrogen-bond acceptors (Lipinski definition) is 9. The summed E-state index contributed by atoms with van der Waals surface area (Å²) in [6.45, 7) is 8.67. The van der Waals surface area contributed by atoms with Crippen molar-refractivity contribution in [1.29, 1.82) is 0 Å². The molecule has 0 unspecified atom stereocenters. The average Bonchev–Trinajstić information content (AvgIpc) is 3.35. The topological polar surface area (TPSA) is 121 Å². The van der Waals surface area contributed by atoms with Crippen molar-refractivity contribution in [2.24, 2.45) is 0 Å². The molecule has 2 aromatic carbocycles. The van der Waals surface area contributed by atoms with Crippen LogP contribution in [0.15, 0.2) is 42.6 Å². The number of nitrogens with one attached hydrogen (secondary N) is 2. The van der Waals surface area contributed by atoms with E-state index in [1.807, 2.05) is 23.0 Å². The number of nitrogens with zero attached hydrogens (tertiary/aromatic N) is 6. The molecule has 3 heterocycles. The van der Waals surface area contributed by atoms with Crippen molar-refractivity contribution >= 4 is 28.9 Å². The van der Waals surface area contributed by atoms with E-state index in [-0.39, 0.29) is 12.5 Å². The van der Waals surface area contributed by atoms with Gasteiger partial charge in [0.2, 0.25) is 5.95 Å². The predicted molar refractivity (Wildman–Crippen MR) is 186 cm³/mol. The summed E-state index contributed by atoms with van der Waals surface area (Å²) in [5, 5.41) is 21.2. The fraction of sp³-hybridized carbons (Fsp3) is 0.444. The highest BCUT2D eigenvalue weighted by atomic mass is 16.5. The van der Waals surface area contributed by atoms with Crippen molar-refractivity contribution in [2.75, 3.05) is 62.5 Å². The zero-order chi connectivity index (χ0) is 32.9. The van der Waals surface area contributed by atoms with Crippen LogP contribution in [-0.4, -0.2) is 82.6 Å². The van der Waals surface area contributed by atoms with Crippen molar-refractivity contribution in [3.8, 4) is 17.1 Å². The molecule has 0 saturated carbocycles. The fourth-order valence-corrected chi connectivity index (χ4v) is 6.62. The SMILES string of the molecule is CCc1cccc(CC)c1NC(=O)c1nn(CCCO)c2c1CCCc1cnc(Nc3ccc(N4CCN(C)CC4)cc3OC)nc1-2. The fourth-order valence-electron chi connectivity index (χ4n) is 6.62. The normalized spacial score (nSPS) is 14.7. The van der Waals surface area contributed by atoms with Gasteiger partial charge in [-0.05, 0) is 74.4 Å². The number of likely N-dealkylation sites (N-methyl/N-ethyl adjacent to an activating group) is 1. The van der Waals surface area contributed by atoms with Gasteiger partial charge in [0.25, 0.3) is 5.91 Å². The van der Waals surface area contributed by atoms with Gasteiger partial charge in [0, 0.05) is 68.5 Å². The highest BCUT2D eigenvalue weighted by molar-refractivity contribution is 6.05. The number of hydrogen-bond donors (Lipinski definition) is 3. The van der Waals surface area contributed by atoms with Crippen LogP contribution < -0.4 is 20.3 Å². The Morgan fingerprint density at radius 1 is 1.04 bits per heavy atom. The van der Waals surface area contributed by atoms with E-state index in [0.29, 0.717) is 36.8 Å². The zero-order valence-corrected chi connectivity index (χ0v) is 28.0. The minimum atomic E-state index is -0.222. The van der Waals surface area contributed by atoms with Gasteiger partial charge in [-0.3, -0.25) is 9.48 Å². The number of carbonyl (C=O) groups excluding carboxylic acids is 1. The molecule has 0 spiro atoms. The second-order valence-corrected chi connectivity index (χ2v) is 12.3. The van der Waals surface area contributed by atoms with Gasteiger partial charge in [0.05, 0.1) is 24.2 Å². The number of para-hydroxylation sites is 1. The summed E-state index contributed by atoms with van der Waals surface area (Å²) >= 11 is 0. The average molecular weight is 639 g/mol. The van der Waals surface area contributed by atoms with Crippen LogP contribution in [0.4, 0.5) is 23.0 Å². The van der Waals surface area contributed by atoms with Crippen LogP contribution in [0, 0.1) is 0 Å². The number of ether oxygens (including phenoxy) is 1. The second-order valence-electron chi connectivity index (χ2n) is 12.3. The van der Waals surface area contributed by atoms with E-state index in [9.17, 15) is 9.90 Å². The van der Waals surface area contributed by atoms with Crippen LogP contribution in [0.5, 0.6) is 5.75 Å². The van der Waals surface area contributed by atoms with Crippen molar-refractivity contribution in [3.05, 3.63) is 70.5 Å².